The summed E-state index contributed by atoms with van der Waals surface area (Å²) < 4.78 is 0. The summed E-state index contributed by atoms with van der Waals surface area (Å²) in [5, 5.41) is 5.08. The molecule has 2 N–H and O–H groups in total. The number of benzene rings is 1. The van der Waals surface area contributed by atoms with Crippen LogP contribution in [0.3, 0.4) is 0 Å². The Morgan fingerprint density at radius 3 is 2.25 bits per heavy atom. The third-order valence-corrected chi connectivity index (χ3v) is 4.35. The van der Waals surface area contributed by atoms with Gasteiger partial charge in [-0.3, -0.25) is 15.0 Å². The second-order valence-electron chi connectivity index (χ2n) is 6.60. The number of rotatable bonds is 4. The molecule has 6 nitrogen and oxygen atoms in total. The molecule has 1 fully saturated rings. The van der Waals surface area contributed by atoms with E-state index in [4.69, 9.17) is 0 Å². The fourth-order valence-electron chi connectivity index (χ4n) is 2.95. The molecule has 1 atom stereocenters. The number of imide groups is 1. The second-order valence-corrected chi connectivity index (χ2v) is 6.60. The Morgan fingerprint density at radius 1 is 1.04 bits per heavy atom. The van der Waals surface area contributed by atoms with Gasteiger partial charge < -0.3 is 10.2 Å². The average molecular weight is 332 g/mol. The Bertz CT molecular complexity index is 580. The number of carbonyl (C=O) groups excluding carboxylic acids is 2. The van der Waals surface area contributed by atoms with Crippen LogP contribution in [0.15, 0.2) is 24.3 Å². The normalized spacial score (nSPS) is 16.8. The fourth-order valence-corrected chi connectivity index (χ4v) is 2.95. The Kier molecular flexibility index (Phi) is 6.20. The topological polar surface area (TPSA) is 64.7 Å². The van der Waals surface area contributed by atoms with Crippen LogP contribution in [-0.4, -0.2) is 55.1 Å². The summed E-state index contributed by atoms with van der Waals surface area (Å²) in [5.41, 5.74) is 2.52. The van der Waals surface area contributed by atoms with Crippen molar-refractivity contribution in [2.45, 2.75) is 39.8 Å². The monoisotopic (exact) mass is 332 g/mol. The van der Waals surface area contributed by atoms with E-state index in [1.165, 1.54) is 11.3 Å². The quantitative estimate of drug-likeness (QED) is 0.881. The van der Waals surface area contributed by atoms with E-state index in [2.05, 4.69) is 45.6 Å². The van der Waals surface area contributed by atoms with Crippen molar-refractivity contribution < 1.29 is 9.59 Å². The van der Waals surface area contributed by atoms with Gasteiger partial charge in [0.15, 0.2) is 0 Å². The lowest BCUT2D eigenvalue weighted by atomic mass is 10.1. The van der Waals surface area contributed by atoms with Crippen molar-refractivity contribution >= 4 is 17.6 Å². The molecule has 0 aromatic heterocycles. The first-order valence-electron chi connectivity index (χ1n) is 8.54. The molecule has 0 aliphatic carbocycles. The van der Waals surface area contributed by atoms with Gasteiger partial charge >= 0.3 is 6.03 Å². The molecule has 24 heavy (non-hydrogen) atoms. The van der Waals surface area contributed by atoms with Gasteiger partial charge in [-0.1, -0.05) is 18.2 Å². The Morgan fingerprint density at radius 2 is 1.67 bits per heavy atom. The maximum absolute atomic E-state index is 12.2. The van der Waals surface area contributed by atoms with Crippen LogP contribution in [0.5, 0.6) is 0 Å². The van der Waals surface area contributed by atoms with Crippen molar-refractivity contribution in [2.75, 3.05) is 31.1 Å². The lowest BCUT2D eigenvalue weighted by molar-refractivity contribution is -0.124. The number of urea groups is 1. The van der Waals surface area contributed by atoms with E-state index < -0.39 is 6.03 Å². The zero-order valence-electron chi connectivity index (χ0n) is 15.0. The van der Waals surface area contributed by atoms with Gasteiger partial charge in [-0.25, -0.2) is 4.79 Å². The zero-order chi connectivity index (χ0) is 17.7. The molecular weight excluding hydrogens is 304 g/mol. The van der Waals surface area contributed by atoms with Crippen LogP contribution < -0.4 is 15.5 Å². The summed E-state index contributed by atoms with van der Waals surface area (Å²) in [5.74, 6) is -0.252. The predicted octanol–water partition coefficient (Wildman–Crippen LogP) is 1.74. The highest BCUT2D eigenvalue weighted by Crippen LogP contribution is 2.21. The number of carbonyl (C=O) groups is 2. The Balaban J connectivity index is 1.86. The number of piperazine rings is 1. The van der Waals surface area contributed by atoms with Gasteiger partial charge in [0.25, 0.3) is 0 Å². The number of hydrogen-bond acceptors (Lipinski definition) is 4. The van der Waals surface area contributed by atoms with E-state index in [9.17, 15) is 9.59 Å². The van der Waals surface area contributed by atoms with Gasteiger partial charge in [-0.15, -0.1) is 0 Å². The standard InChI is InChI=1S/C18H28N4O2/c1-13(2)19-18(24)20-17(23)15(4)21-9-11-22(12-10-21)16-8-6-5-7-14(16)3/h5-8,13,15H,9-12H2,1-4H3,(H2,19,20,23,24). The second kappa shape index (κ2) is 8.15. The van der Waals surface area contributed by atoms with Gasteiger partial charge in [-0.05, 0) is 39.3 Å². The lowest BCUT2D eigenvalue weighted by Gasteiger charge is -2.39. The smallest absolute Gasteiger partial charge is 0.321 e. The number of hydrogen-bond donors (Lipinski definition) is 2. The molecule has 1 unspecified atom stereocenters. The van der Waals surface area contributed by atoms with Crippen LogP contribution in [0.4, 0.5) is 10.5 Å². The molecule has 0 saturated carbocycles. The van der Waals surface area contributed by atoms with Crippen LogP contribution in [0, 0.1) is 6.92 Å². The molecule has 0 bridgehead atoms. The molecule has 132 valence electrons. The highest BCUT2D eigenvalue weighted by molar-refractivity contribution is 5.96. The third kappa shape index (κ3) is 4.71. The van der Waals surface area contributed by atoms with Crippen molar-refractivity contribution in [3.8, 4) is 0 Å². The molecule has 1 aliphatic heterocycles. The van der Waals surface area contributed by atoms with Crippen molar-refractivity contribution in [3.63, 3.8) is 0 Å². The van der Waals surface area contributed by atoms with Crippen molar-refractivity contribution in [1.29, 1.82) is 0 Å². The summed E-state index contributed by atoms with van der Waals surface area (Å²) >= 11 is 0. The van der Waals surface area contributed by atoms with Crippen LogP contribution in [0.25, 0.3) is 0 Å². The van der Waals surface area contributed by atoms with Gasteiger partial charge in [0.05, 0.1) is 6.04 Å². The molecule has 0 radical (unpaired) electrons. The van der Waals surface area contributed by atoms with Crippen molar-refractivity contribution in [3.05, 3.63) is 29.8 Å². The number of nitrogens with zero attached hydrogens (tertiary/aromatic N) is 2. The zero-order valence-corrected chi connectivity index (χ0v) is 15.0. The Labute approximate surface area is 144 Å². The van der Waals surface area contributed by atoms with Crippen LogP contribution >= 0.6 is 0 Å². The number of anilines is 1. The average Bonchev–Trinajstić information content (AvgIpc) is 2.54. The first kappa shape index (κ1) is 18.3. The van der Waals surface area contributed by atoms with E-state index in [-0.39, 0.29) is 18.0 Å². The SMILES string of the molecule is Cc1ccccc1N1CCN(C(C)C(=O)NC(=O)NC(C)C)CC1. The van der Waals surface area contributed by atoms with E-state index in [0.29, 0.717) is 0 Å². The van der Waals surface area contributed by atoms with Crippen LogP contribution in [-0.2, 0) is 4.79 Å². The minimum Gasteiger partial charge on any atom is -0.369 e. The molecule has 0 spiro atoms. The minimum absolute atomic E-state index is 0.00534. The maximum atomic E-state index is 12.2. The summed E-state index contributed by atoms with van der Waals surface area (Å²) in [4.78, 5) is 28.3. The molecule has 3 amide bonds. The number of amides is 3. The summed E-state index contributed by atoms with van der Waals surface area (Å²) in [7, 11) is 0. The first-order valence-corrected chi connectivity index (χ1v) is 8.54. The molecule has 1 aliphatic rings. The minimum atomic E-state index is -0.430. The summed E-state index contributed by atoms with van der Waals surface area (Å²) in [6.45, 7) is 11.0. The summed E-state index contributed by atoms with van der Waals surface area (Å²) in [6, 6.07) is 7.61. The molecular formula is C18H28N4O2. The Hall–Kier alpha value is -2.08. The van der Waals surface area contributed by atoms with Crippen LogP contribution in [0.2, 0.25) is 0 Å². The molecule has 1 aromatic rings. The van der Waals surface area contributed by atoms with Gasteiger partial charge in [0.1, 0.15) is 0 Å². The van der Waals surface area contributed by atoms with E-state index >= 15 is 0 Å². The molecule has 1 aromatic carbocycles. The highest BCUT2D eigenvalue weighted by atomic mass is 16.2. The van der Waals surface area contributed by atoms with Crippen LogP contribution in [0.1, 0.15) is 26.3 Å². The van der Waals surface area contributed by atoms with Gasteiger partial charge in [-0.2, -0.15) is 0 Å². The molecule has 1 heterocycles. The van der Waals surface area contributed by atoms with E-state index in [1.54, 1.807) is 0 Å². The molecule has 1 saturated heterocycles. The van der Waals surface area contributed by atoms with Gasteiger partial charge in [0, 0.05) is 37.9 Å². The van der Waals surface area contributed by atoms with Crippen molar-refractivity contribution in [2.24, 2.45) is 0 Å². The molecule has 2 rings (SSSR count). The lowest BCUT2D eigenvalue weighted by Crippen LogP contribution is -2.56. The van der Waals surface area contributed by atoms with Crippen molar-refractivity contribution in [1.82, 2.24) is 15.5 Å². The maximum Gasteiger partial charge on any atom is 0.321 e. The highest BCUT2D eigenvalue weighted by Gasteiger charge is 2.27. The predicted molar refractivity (Wildman–Crippen MR) is 96.2 cm³/mol. The first-order chi connectivity index (χ1) is 11.4. The number of aryl methyl sites for hydroxylation is 1. The largest absolute Gasteiger partial charge is 0.369 e. The number of para-hydroxylation sites is 1. The third-order valence-electron chi connectivity index (χ3n) is 4.35. The summed E-state index contributed by atoms with van der Waals surface area (Å²) in [6.07, 6.45) is 0. The van der Waals surface area contributed by atoms with E-state index in [1.807, 2.05) is 26.8 Å². The fraction of sp³-hybridized carbons (Fsp3) is 0.556. The number of nitrogens with one attached hydrogen (secondary N) is 2. The van der Waals surface area contributed by atoms with Gasteiger partial charge in [0.2, 0.25) is 5.91 Å². The van der Waals surface area contributed by atoms with E-state index in [0.717, 1.165) is 26.2 Å². The molecule has 6 heteroatoms.